The molecule has 3 rings (SSSR count). The average Bonchev–Trinajstić information content (AvgIpc) is 3.12. The maximum Gasteiger partial charge on any atom is 0.262 e. The molecule has 0 unspecified atom stereocenters. The lowest BCUT2D eigenvalue weighted by Gasteiger charge is -2.12. The standard InChI is InChI=1S/C18H18ClNO2S2/c1-12-15(19)3-2-4-16(12)20-17(21)11-22-14-7-5-13(6-8-14)18-23-9-10-24-18/h2-8,18H,9-11H2,1H3,(H,20,21). The van der Waals surface area contributed by atoms with Gasteiger partial charge >= 0.3 is 0 Å². The van der Waals surface area contributed by atoms with Crippen molar-refractivity contribution in [3.05, 3.63) is 58.6 Å². The number of halogens is 1. The molecule has 0 spiro atoms. The van der Waals surface area contributed by atoms with Crippen molar-refractivity contribution in [2.24, 2.45) is 0 Å². The summed E-state index contributed by atoms with van der Waals surface area (Å²) in [6.07, 6.45) is 0. The van der Waals surface area contributed by atoms with Crippen LogP contribution in [0.25, 0.3) is 0 Å². The van der Waals surface area contributed by atoms with E-state index in [-0.39, 0.29) is 12.5 Å². The molecule has 0 aliphatic carbocycles. The maximum atomic E-state index is 12.0. The van der Waals surface area contributed by atoms with Crippen molar-refractivity contribution < 1.29 is 9.53 Å². The highest BCUT2D eigenvalue weighted by Crippen LogP contribution is 2.45. The van der Waals surface area contributed by atoms with Gasteiger partial charge in [0.05, 0.1) is 4.58 Å². The number of ether oxygens (including phenoxy) is 1. The molecule has 1 heterocycles. The number of thioether (sulfide) groups is 2. The summed E-state index contributed by atoms with van der Waals surface area (Å²) in [6.45, 7) is 1.84. The number of amides is 1. The van der Waals surface area contributed by atoms with Gasteiger partial charge < -0.3 is 10.1 Å². The van der Waals surface area contributed by atoms with Gasteiger partial charge in [0.2, 0.25) is 0 Å². The summed E-state index contributed by atoms with van der Waals surface area (Å²) >= 11 is 9.99. The van der Waals surface area contributed by atoms with Crippen molar-refractivity contribution >= 4 is 46.7 Å². The summed E-state index contributed by atoms with van der Waals surface area (Å²) < 4.78 is 6.09. The summed E-state index contributed by atoms with van der Waals surface area (Å²) in [5, 5.41) is 3.45. The number of carbonyl (C=O) groups is 1. The second-order valence-electron chi connectivity index (χ2n) is 5.39. The first kappa shape index (κ1) is 17.5. The molecule has 3 nitrogen and oxygen atoms in total. The quantitative estimate of drug-likeness (QED) is 0.780. The normalized spacial score (nSPS) is 14.6. The molecule has 0 atom stereocenters. The minimum Gasteiger partial charge on any atom is -0.484 e. The molecule has 1 aliphatic rings. The van der Waals surface area contributed by atoms with Gasteiger partial charge in [-0.1, -0.05) is 29.8 Å². The Bertz CT molecular complexity index is 715. The highest BCUT2D eigenvalue weighted by atomic mass is 35.5. The molecule has 0 radical (unpaired) electrons. The first-order valence-corrected chi connectivity index (χ1v) is 10.1. The van der Waals surface area contributed by atoms with Crippen LogP contribution in [0.2, 0.25) is 5.02 Å². The highest BCUT2D eigenvalue weighted by Gasteiger charge is 2.18. The smallest absolute Gasteiger partial charge is 0.262 e. The molecule has 1 N–H and O–H groups in total. The van der Waals surface area contributed by atoms with Crippen LogP contribution in [0.4, 0.5) is 5.69 Å². The SMILES string of the molecule is Cc1c(Cl)cccc1NC(=O)COc1ccc(C2SCCS2)cc1. The molecule has 126 valence electrons. The third kappa shape index (κ3) is 4.41. The van der Waals surface area contributed by atoms with Gasteiger partial charge in [0.25, 0.3) is 5.91 Å². The lowest BCUT2D eigenvalue weighted by Crippen LogP contribution is -2.20. The molecule has 0 aromatic heterocycles. The minimum atomic E-state index is -0.202. The number of hydrogen-bond acceptors (Lipinski definition) is 4. The van der Waals surface area contributed by atoms with Crippen molar-refractivity contribution in [3.8, 4) is 5.75 Å². The van der Waals surface area contributed by atoms with Gasteiger partial charge in [-0.2, -0.15) is 0 Å². The van der Waals surface area contributed by atoms with Crippen LogP contribution in [-0.2, 0) is 4.79 Å². The van der Waals surface area contributed by atoms with E-state index in [1.54, 1.807) is 6.07 Å². The monoisotopic (exact) mass is 379 g/mol. The number of carbonyl (C=O) groups excluding carboxylic acids is 1. The molecule has 1 amide bonds. The van der Waals surface area contributed by atoms with Gasteiger partial charge in [-0.15, -0.1) is 23.5 Å². The van der Waals surface area contributed by atoms with Gasteiger partial charge in [-0.25, -0.2) is 0 Å². The molecule has 1 aliphatic heterocycles. The molecule has 1 saturated heterocycles. The van der Waals surface area contributed by atoms with Crippen molar-refractivity contribution in [1.82, 2.24) is 0 Å². The van der Waals surface area contributed by atoms with Gasteiger partial charge in [-0.05, 0) is 42.3 Å². The first-order chi connectivity index (χ1) is 11.6. The van der Waals surface area contributed by atoms with Crippen molar-refractivity contribution in [2.45, 2.75) is 11.5 Å². The molecule has 0 saturated carbocycles. The largest absolute Gasteiger partial charge is 0.484 e. The molecule has 0 bridgehead atoms. The minimum absolute atomic E-state index is 0.0295. The van der Waals surface area contributed by atoms with Gasteiger partial charge in [0.15, 0.2) is 6.61 Å². The van der Waals surface area contributed by atoms with Gasteiger partial charge in [-0.3, -0.25) is 4.79 Å². The summed E-state index contributed by atoms with van der Waals surface area (Å²) in [5.74, 6) is 2.91. The Balaban J connectivity index is 1.53. The molecule has 6 heteroatoms. The van der Waals surface area contributed by atoms with Crippen LogP contribution in [0.15, 0.2) is 42.5 Å². The van der Waals surface area contributed by atoms with Crippen molar-refractivity contribution in [2.75, 3.05) is 23.4 Å². The molecule has 1 fully saturated rings. The summed E-state index contributed by atoms with van der Waals surface area (Å²) in [6, 6.07) is 13.4. The fraction of sp³-hybridized carbons (Fsp3) is 0.278. The lowest BCUT2D eigenvalue weighted by atomic mass is 10.2. The number of nitrogens with one attached hydrogen (secondary N) is 1. The van der Waals surface area contributed by atoms with E-state index in [1.165, 1.54) is 17.1 Å². The van der Waals surface area contributed by atoms with Crippen molar-refractivity contribution in [3.63, 3.8) is 0 Å². The van der Waals surface area contributed by atoms with Gasteiger partial charge in [0, 0.05) is 22.2 Å². The van der Waals surface area contributed by atoms with Crippen LogP contribution >= 0.6 is 35.1 Å². The highest BCUT2D eigenvalue weighted by molar-refractivity contribution is 8.19. The van der Waals surface area contributed by atoms with E-state index in [0.29, 0.717) is 21.0 Å². The Morgan fingerprint density at radius 2 is 1.92 bits per heavy atom. The Hall–Kier alpha value is -1.30. The predicted molar refractivity (Wildman–Crippen MR) is 104 cm³/mol. The third-order valence-electron chi connectivity index (χ3n) is 3.69. The lowest BCUT2D eigenvalue weighted by molar-refractivity contribution is -0.118. The summed E-state index contributed by atoms with van der Waals surface area (Å²) in [5.41, 5.74) is 2.86. The molecule has 24 heavy (non-hydrogen) atoms. The van der Waals surface area contributed by atoms with Gasteiger partial charge in [0.1, 0.15) is 5.75 Å². The molecule has 2 aromatic rings. The van der Waals surface area contributed by atoms with E-state index >= 15 is 0 Å². The van der Waals surface area contributed by atoms with E-state index in [1.807, 2.05) is 54.7 Å². The van der Waals surface area contributed by atoms with Crippen LogP contribution in [0, 0.1) is 6.92 Å². The average molecular weight is 380 g/mol. The van der Waals surface area contributed by atoms with Crippen LogP contribution in [0.1, 0.15) is 15.7 Å². The van der Waals surface area contributed by atoms with Crippen LogP contribution in [0.3, 0.4) is 0 Å². The fourth-order valence-corrected chi connectivity index (χ4v) is 5.38. The second kappa shape index (κ2) is 8.19. The van der Waals surface area contributed by atoms with E-state index in [9.17, 15) is 4.79 Å². The third-order valence-corrected chi connectivity index (χ3v) is 7.20. The molecular formula is C18H18ClNO2S2. The zero-order chi connectivity index (χ0) is 16.9. The van der Waals surface area contributed by atoms with Crippen LogP contribution in [0.5, 0.6) is 5.75 Å². The predicted octanol–water partition coefficient (Wildman–Crippen LogP) is 5.14. The molecular weight excluding hydrogens is 362 g/mol. The Kier molecular flexibility index (Phi) is 5.98. The van der Waals surface area contributed by atoms with Crippen LogP contribution < -0.4 is 10.1 Å². The van der Waals surface area contributed by atoms with E-state index < -0.39 is 0 Å². The number of anilines is 1. The Labute approximate surface area is 155 Å². The first-order valence-electron chi connectivity index (χ1n) is 7.64. The fourth-order valence-electron chi connectivity index (χ4n) is 2.35. The van der Waals surface area contributed by atoms with E-state index in [4.69, 9.17) is 16.3 Å². The topological polar surface area (TPSA) is 38.3 Å². The van der Waals surface area contributed by atoms with E-state index in [0.717, 1.165) is 5.56 Å². The van der Waals surface area contributed by atoms with Crippen molar-refractivity contribution in [1.29, 1.82) is 0 Å². The summed E-state index contributed by atoms with van der Waals surface area (Å²) in [4.78, 5) is 12.0. The summed E-state index contributed by atoms with van der Waals surface area (Å²) in [7, 11) is 0. The van der Waals surface area contributed by atoms with Crippen LogP contribution in [-0.4, -0.2) is 24.0 Å². The zero-order valence-corrected chi connectivity index (χ0v) is 15.6. The molecule has 2 aromatic carbocycles. The zero-order valence-electron chi connectivity index (χ0n) is 13.3. The van der Waals surface area contributed by atoms with E-state index in [2.05, 4.69) is 17.4 Å². The Morgan fingerprint density at radius 1 is 1.21 bits per heavy atom. The maximum absolute atomic E-state index is 12.0. The Morgan fingerprint density at radius 3 is 2.62 bits per heavy atom. The second-order valence-corrected chi connectivity index (χ2v) is 8.52. The number of benzene rings is 2. The number of rotatable bonds is 5. The number of hydrogen-bond donors (Lipinski definition) is 1.